The number of para-hydroxylation sites is 1. The number of ketones is 1. The maximum Gasteiger partial charge on any atom is 0.166 e. The predicted molar refractivity (Wildman–Crippen MR) is 79.9 cm³/mol. The molecule has 2 aromatic carbocycles. The van der Waals surface area contributed by atoms with Gasteiger partial charge in [0.15, 0.2) is 5.78 Å². The molecule has 0 aliphatic heterocycles. The Kier molecular flexibility index (Phi) is 2.18. The Morgan fingerprint density at radius 3 is 2.55 bits per heavy atom. The molecule has 0 amide bonds. The standard InChI is InChI=1S/C18H16O2/c1-18(2)10-14(18)17(19)11-7-8-16-13(9-11)12-5-3-4-6-15(12)20-16/h3-9,14H,10H2,1-2H3. The van der Waals surface area contributed by atoms with Gasteiger partial charge in [-0.2, -0.15) is 0 Å². The fourth-order valence-corrected chi connectivity index (χ4v) is 3.00. The second kappa shape index (κ2) is 3.72. The average molecular weight is 264 g/mol. The fourth-order valence-electron chi connectivity index (χ4n) is 3.00. The van der Waals surface area contributed by atoms with Crippen molar-refractivity contribution in [2.45, 2.75) is 20.3 Å². The first kappa shape index (κ1) is 11.7. The van der Waals surface area contributed by atoms with Crippen molar-refractivity contribution >= 4 is 27.7 Å². The minimum Gasteiger partial charge on any atom is -0.456 e. The largest absolute Gasteiger partial charge is 0.456 e. The molecule has 2 nitrogen and oxygen atoms in total. The van der Waals surface area contributed by atoms with Crippen LogP contribution in [0.25, 0.3) is 21.9 Å². The van der Waals surface area contributed by atoms with Crippen molar-refractivity contribution in [3.05, 3.63) is 48.0 Å². The zero-order chi connectivity index (χ0) is 13.9. The van der Waals surface area contributed by atoms with Gasteiger partial charge in [-0.05, 0) is 36.1 Å². The molecule has 0 N–H and O–H groups in total. The van der Waals surface area contributed by atoms with E-state index in [2.05, 4.69) is 13.8 Å². The highest BCUT2D eigenvalue weighted by atomic mass is 16.3. The molecule has 0 saturated heterocycles. The van der Waals surface area contributed by atoms with Crippen molar-refractivity contribution < 1.29 is 9.21 Å². The van der Waals surface area contributed by atoms with Crippen LogP contribution in [0.1, 0.15) is 30.6 Å². The lowest BCUT2D eigenvalue weighted by atomic mass is 10.00. The van der Waals surface area contributed by atoms with Gasteiger partial charge in [0, 0.05) is 22.3 Å². The summed E-state index contributed by atoms with van der Waals surface area (Å²) in [6.07, 6.45) is 0.996. The van der Waals surface area contributed by atoms with Gasteiger partial charge in [-0.25, -0.2) is 0 Å². The van der Waals surface area contributed by atoms with Crippen molar-refractivity contribution in [2.24, 2.45) is 11.3 Å². The fraction of sp³-hybridized carbons (Fsp3) is 0.278. The summed E-state index contributed by atoms with van der Waals surface area (Å²) in [5, 5.41) is 2.11. The number of Topliss-reactive ketones (excluding diaryl/α,β-unsaturated/α-hetero) is 1. The molecule has 1 fully saturated rings. The van der Waals surface area contributed by atoms with Crippen LogP contribution in [-0.2, 0) is 0 Å². The number of rotatable bonds is 2. The second-order valence-corrected chi connectivity index (χ2v) is 6.42. The van der Waals surface area contributed by atoms with Gasteiger partial charge >= 0.3 is 0 Å². The number of carbonyl (C=O) groups excluding carboxylic acids is 1. The van der Waals surface area contributed by atoms with Crippen LogP contribution in [0.5, 0.6) is 0 Å². The number of benzene rings is 2. The Morgan fingerprint density at radius 2 is 1.80 bits per heavy atom. The third kappa shape index (κ3) is 1.61. The zero-order valence-electron chi connectivity index (χ0n) is 11.6. The molecular weight excluding hydrogens is 248 g/mol. The maximum absolute atomic E-state index is 12.5. The Bertz CT molecular complexity index is 839. The van der Waals surface area contributed by atoms with E-state index < -0.39 is 0 Å². The lowest BCUT2D eigenvalue weighted by Crippen LogP contribution is -2.06. The monoisotopic (exact) mass is 264 g/mol. The third-order valence-corrected chi connectivity index (χ3v) is 4.49. The molecule has 0 spiro atoms. The minimum atomic E-state index is 0.171. The van der Waals surface area contributed by atoms with Crippen LogP contribution in [0, 0.1) is 11.3 Å². The molecule has 1 atom stereocenters. The van der Waals surface area contributed by atoms with E-state index in [1.165, 1.54) is 0 Å². The van der Waals surface area contributed by atoms with Crippen LogP contribution in [0.15, 0.2) is 46.9 Å². The van der Waals surface area contributed by atoms with Gasteiger partial charge in [0.2, 0.25) is 0 Å². The van der Waals surface area contributed by atoms with Crippen molar-refractivity contribution in [1.29, 1.82) is 0 Å². The predicted octanol–water partition coefficient (Wildman–Crippen LogP) is 4.81. The average Bonchev–Trinajstić information content (AvgIpc) is 2.93. The summed E-state index contributed by atoms with van der Waals surface area (Å²) in [6, 6.07) is 13.7. The Morgan fingerprint density at radius 1 is 1.10 bits per heavy atom. The molecule has 20 heavy (non-hydrogen) atoms. The highest BCUT2D eigenvalue weighted by molar-refractivity contribution is 6.09. The molecule has 3 aromatic rings. The number of furan rings is 1. The molecule has 1 heterocycles. The van der Waals surface area contributed by atoms with E-state index in [4.69, 9.17) is 4.42 Å². The van der Waals surface area contributed by atoms with E-state index >= 15 is 0 Å². The SMILES string of the molecule is CC1(C)CC1C(=O)c1ccc2oc3ccccc3c2c1. The molecule has 1 aliphatic rings. The lowest BCUT2D eigenvalue weighted by molar-refractivity contribution is 0.0953. The number of hydrogen-bond donors (Lipinski definition) is 0. The summed E-state index contributed by atoms with van der Waals surface area (Å²) in [7, 11) is 0. The van der Waals surface area contributed by atoms with E-state index in [0.717, 1.165) is 33.9 Å². The van der Waals surface area contributed by atoms with E-state index in [9.17, 15) is 4.79 Å². The van der Waals surface area contributed by atoms with E-state index in [0.29, 0.717) is 0 Å². The second-order valence-electron chi connectivity index (χ2n) is 6.42. The Balaban J connectivity index is 1.86. The highest BCUT2D eigenvalue weighted by Crippen LogP contribution is 2.53. The summed E-state index contributed by atoms with van der Waals surface area (Å²) in [5.74, 6) is 0.445. The molecule has 1 saturated carbocycles. The van der Waals surface area contributed by atoms with Crippen molar-refractivity contribution in [3.8, 4) is 0 Å². The topological polar surface area (TPSA) is 30.2 Å². The summed E-state index contributed by atoms with van der Waals surface area (Å²) >= 11 is 0. The van der Waals surface area contributed by atoms with Gasteiger partial charge < -0.3 is 4.42 Å². The molecule has 100 valence electrons. The van der Waals surface area contributed by atoms with Crippen LogP contribution >= 0.6 is 0 Å². The molecule has 0 bridgehead atoms. The van der Waals surface area contributed by atoms with Crippen LogP contribution in [0.3, 0.4) is 0 Å². The Hall–Kier alpha value is -2.09. The molecular formula is C18H16O2. The van der Waals surface area contributed by atoms with E-state index in [-0.39, 0.29) is 17.1 Å². The first-order chi connectivity index (χ1) is 9.56. The lowest BCUT2D eigenvalue weighted by Gasteiger charge is -2.03. The number of fused-ring (bicyclic) bond motifs is 3. The minimum absolute atomic E-state index is 0.171. The van der Waals surface area contributed by atoms with Crippen molar-refractivity contribution in [2.75, 3.05) is 0 Å². The van der Waals surface area contributed by atoms with Gasteiger partial charge in [0.25, 0.3) is 0 Å². The Labute approximate surface area is 117 Å². The summed E-state index contributed by atoms with van der Waals surface area (Å²) in [4.78, 5) is 12.5. The quantitative estimate of drug-likeness (QED) is 0.621. The first-order valence-electron chi connectivity index (χ1n) is 7.02. The molecule has 1 unspecified atom stereocenters. The van der Waals surface area contributed by atoms with E-state index in [1.807, 2.05) is 42.5 Å². The van der Waals surface area contributed by atoms with Gasteiger partial charge in [-0.3, -0.25) is 4.79 Å². The number of carbonyl (C=O) groups is 1. The summed E-state index contributed by atoms with van der Waals surface area (Å²) in [5.41, 5.74) is 2.70. The van der Waals surface area contributed by atoms with Crippen LogP contribution < -0.4 is 0 Å². The summed E-state index contributed by atoms with van der Waals surface area (Å²) in [6.45, 7) is 4.31. The van der Waals surface area contributed by atoms with Gasteiger partial charge in [-0.15, -0.1) is 0 Å². The number of hydrogen-bond acceptors (Lipinski definition) is 2. The highest BCUT2D eigenvalue weighted by Gasteiger charge is 2.50. The van der Waals surface area contributed by atoms with Gasteiger partial charge in [0.1, 0.15) is 11.2 Å². The van der Waals surface area contributed by atoms with Crippen LogP contribution in [-0.4, -0.2) is 5.78 Å². The molecule has 4 rings (SSSR count). The van der Waals surface area contributed by atoms with E-state index in [1.54, 1.807) is 0 Å². The van der Waals surface area contributed by atoms with Gasteiger partial charge in [0.05, 0.1) is 0 Å². The third-order valence-electron chi connectivity index (χ3n) is 4.49. The first-order valence-corrected chi connectivity index (χ1v) is 7.02. The van der Waals surface area contributed by atoms with Crippen LogP contribution in [0.4, 0.5) is 0 Å². The molecule has 1 aliphatic carbocycles. The maximum atomic E-state index is 12.5. The molecule has 2 heteroatoms. The van der Waals surface area contributed by atoms with Gasteiger partial charge in [-0.1, -0.05) is 32.0 Å². The molecule has 1 aromatic heterocycles. The normalized spacial score (nSPS) is 20.4. The van der Waals surface area contributed by atoms with Crippen molar-refractivity contribution in [1.82, 2.24) is 0 Å². The van der Waals surface area contributed by atoms with Crippen molar-refractivity contribution in [3.63, 3.8) is 0 Å². The molecule has 0 radical (unpaired) electrons. The smallest absolute Gasteiger partial charge is 0.166 e. The summed E-state index contributed by atoms with van der Waals surface area (Å²) < 4.78 is 5.79. The van der Waals surface area contributed by atoms with Crippen LogP contribution in [0.2, 0.25) is 0 Å². The zero-order valence-corrected chi connectivity index (χ0v) is 11.6.